The SMILES string of the molecule is NC(=O)c1cccc(OCCO[C@@H]2CCN(c3cc4nn([C@H]5CC[C@H](CO)CC5)cc4cc3Br)C2)c1. The van der Waals surface area contributed by atoms with Gasteiger partial charge in [0.2, 0.25) is 5.91 Å². The summed E-state index contributed by atoms with van der Waals surface area (Å²) < 4.78 is 15.0. The molecule has 2 aliphatic rings. The van der Waals surface area contributed by atoms with Gasteiger partial charge in [-0.2, -0.15) is 5.10 Å². The minimum atomic E-state index is -0.468. The van der Waals surface area contributed by atoms with Gasteiger partial charge < -0.3 is 25.2 Å². The number of aliphatic hydroxyl groups excluding tert-OH is 1. The van der Waals surface area contributed by atoms with Gasteiger partial charge in [0.1, 0.15) is 12.4 Å². The molecule has 2 heterocycles. The van der Waals surface area contributed by atoms with E-state index in [1.807, 2.05) is 0 Å². The summed E-state index contributed by atoms with van der Waals surface area (Å²) >= 11 is 3.78. The van der Waals surface area contributed by atoms with Crippen LogP contribution in [0.2, 0.25) is 0 Å². The molecule has 0 unspecified atom stereocenters. The molecule has 9 heteroatoms. The van der Waals surface area contributed by atoms with Crippen molar-refractivity contribution in [1.82, 2.24) is 9.78 Å². The Labute approximate surface area is 219 Å². The van der Waals surface area contributed by atoms with Gasteiger partial charge >= 0.3 is 0 Å². The Balaban J connectivity index is 1.15. The van der Waals surface area contributed by atoms with E-state index < -0.39 is 5.91 Å². The number of benzene rings is 2. The van der Waals surface area contributed by atoms with Crippen LogP contribution in [-0.2, 0) is 4.74 Å². The first-order valence-corrected chi connectivity index (χ1v) is 13.5. The maximum absolute atomic E-state index is 11.3. The number of hydrogen-bond acceptors (Lipinski definition) is 6. The summed E-state index contributed by atoms with van der Waals surface area (Å²) in [5.74, 6) is 0.585. The number of anilines is 1. The van der Waals surface area contributed by atoms with Crippen LogP contribution in [0, 0.1) is 5.92 Å². The zero-order chi connectivity index (χ0) is 25.1. The number of rotatable bonds is 9. The van der Waals surface area contributed by atoms with Crippen molar-refractivity contribution < 1.29 is 19.4 Å². The minimum absolute atomic E-state index is 0.132. The van der Waals surface area contributed by atoms with E-state index in [-0.39, 0.29) is 6.10 Å². The van der Waals surface area contributed by atoms with E-state index in [9.17, 15) is 9.90 Å². The number of carbonyl (C=O) groups excluding carboxylic acids is 1. The first-order valence-electron chi connectivity index (χ1n) is 12.7. The highest BCUT2D eigenvalue weighted by Crippen LogP contribution is 2.36. The fraction of sp³-hybridized carbons (Fsp3) is 0.481. The largest absolute Gasteiger partial charge is 0.491 e. The molecule has 0 spiro atoms. The fourth-order valence-corrected chi connectivity index (χ4v) is 5.88. The number of aromatic nitrogens is 2. The molecule has 3 aromatic rings. The molecule has 1 aromatic heterocycles. The average Bonchev–Trinajstić information content (AvgIpc) is 3.53. The summed E-state index contributed by atoms with van der Waals surface area (Å²) in [7, 11) is 0. The van der Waals surface area contributed by atoms with Crippen molar-refractivity contribution in [2.24, 2.45) is 11.7 Å². The van der Waals surface area contributed by atoms with Gasteiger partial charge in [0.25, 0.3) is 0 Å². The third-order valence-corrected chi connectivity index (χ3v) is 7.98. The molecular formula is C27H33BrN4O4. The molecule has 5 rings (SSSR count). The van der Waals surface area contributed by atoms with Crippen LogP contribution < -0.4 is 15.4 Å². The molecule has 1 saturated carbocycles. The first-order chi connectivity index (χ1) is 17.5. The van der Waals surface area contributed by atoms with Crippen LogP contribution in [-0.4, -0.2) is 59.8 Å². The lowest BCUT2D eigenvalue weighted by atomic mass is 9.87. The molecule has 1 saturated heterocycles. The summed E-state index contributed by atoms with van der Waals surface area (Å²) in [5, 5.41) is 15.5. The van der Waals surface area contributed by atoms with Crippen molar-refractivity contribution in [2.45, 2.75) is 44.2 Å². The molecule has 1 aliphatic heterocycles. The van der Waals surface area contributed by atoms with Gasteiger partial charge in [-0.25, -0.2) is 0 Å². The maximum Gasteiger partial charge on any atom is 0.248 e. The molecule has 1 atom stereocenters. The number of fused-ring (bicyclic) bond motifs is 1. The average molecular weight is 557 g/mol. The monoisotopic (exact) mass is 556 g/mol. The zero-order valence-corrected chi connectivity index (χ0v) is 21.9. The second-order valence-corrected chi connectivity index (χ2v) is 10.7. The van der Waals surface area contributed by atoms with E-state index in [1.165, 1.54) is 0 Å². The van der Waals surface area contributed by atoms with Gasteiger partial charge in [0.15, 0.2) is 0 Å². The molecule has 1 amide bonds. The van der Waals surface area contributed by atoms with Crippen molar-refractivity contribution in [3.63, 3.8) is 0 Å². The quantitative estimate of drug-likeness (QED) is 0.381. The summed E-state index contributed by atoms with van der Waals surface area (Å²) in [4.78, 5) is 13.7. The van der Waals surface area contributed by atoms with Crippen LogP contribution >= 0.6 is 15.9 Å². The van der Waals surface area contributed by atoms with Crippen LogP contribution in [0.5, 0.6) is 5.75 Å². The van der Waals surface area contributed by atoms with Crippen LogP contribution in [0.25, 0.3) is 10.9 Å². The smallest absolute Gasteiger partial charge is 0.248 e. The van der Waals surface area contributed by atoms with Crippen LogP contribution in [0.4, 0.5) is 5.69 Å². The number of primary amides is 1. The van der Waals surface area contributed by atoms with Crippen molar-refractivity contribution in [3.8, 4) is 5.75 Å². The predicted molar refractivity (Wildman–Crippen MR) is 143 cm³/mol. The lowest BCUT2D eigenvalue weighted by Gasteiger charge is -2.27. The standard InChI is InChI=1S/C27H33BrN4O4/c28-24-13-20-15-32(21-6-4-18(17-33)5-7-21)30-25(20)14-26(24)31-9-8-23(16-31)36-11-10-35-22-3-1-2-19(12-22)27(29)34/h1-3,12-15,18,21,23,33H,4-11,16-17H2,(H2,29,34)/t18-,21-,23-/m1/s1. The molecule has 3 N–H and O–H groups in total. The Morgan fingerprint density at radius 2 is 1.97 bits per heavy atom. The second-order valence-electron chi connectivity index (χ2n) is 9.80. The number of carbonyl (C=O) groups is 1. The fourth-order valence-electron chi connectivity index (χ4n) is 5.27. The zero-order valence-electron chi connectivity index (χ0n) is 20.3. The Kier molecular flexibility index (Phi) is 7.79. The van der Waals surface area contributed by atoms with Crippen LogP contribution in [0.15, 0.2) is 47.1 Å². The minimum Gasteiger partial charge on any atom is -0.491 e. The van der Waals surface area contributed by atoms with Crippen LogP contribution in [0.1, 0.15) is 48.5 Å². The molecule has 2 aromatic carbocycles. The predicted octanol–water partition coefficient (Wildman–Crippen LogP) is 4.30. The summed E-state index contributed by atoms with van der Waals surface area (Å²) in [6.07, 6.45) is 7.50. The maximum atomic E-state index is 11.3. The van der Waals surface area contributed by atoms with Crippen molar-refractivity contribution in [3.05, 3.63) is 52.6 Å². The third-order valence-electron chi connectivity index (χ3n) is 7.35. The Hall–Kier alpha value is -2.62. The molecule has 192 valence electrons. The van der Waals surface area contributed by atoms with Gasteiger partial charge in [-0.3, -0.25) is 9.48 Å². The molecule has 0 bridgehead atoms. The molecule has 36 heavy (non-hydrogen) atoms. The number of nitrogens with two attached hydrogens (primary N) is 1. The number of aliphatic hydroxyl groups is 1. The number of amides is 1. The van der Waals surface area contributed by atoms with E-state index in [1.54, 1.807) is 24.3 Å². The first kappa shape index (κ1) is 25.0. The van der Waals surface area contributed by atoms with Gasteiger partial charge in [-0.05, 0) is 84.3 Å². The summed E-state index contributed by atoms with van der Waals surface area (Å²) in [5.41, 5.74) is 7.91. The normalized spacial score (nSPS) is 22.3. The second kappa shape index (κ2) is 11.2. The lowest BCUT2D eigenvalue weighted by Crippen LogP contribution is -2.24. The number of ether oxygens (including phenoxy) is 2. The molecule has 8 nitrogen and oxygen atoms in total. The Bertz CT molecular complexity index is 1210. The summed E-state index contributed by atoms with van der Waals surface area (Å²) in [6, 6.07) is 11.6. The van der Waals surface area contributed by atoms with Crippen molar-refractivity contribution >= 4 is 38.4 Å². The highest BCUT2D eigenvalue weighted by Gasteiger charge is 2.26. The third kappa shape index (κ3) is 5.68. The molecule has 1 aliphatic carbocycles. The number of hydrogen-bond donors (Lipinski definition) is 2. The number of nitrogens with zero attached hydrogens (tertiary/aromatic N) is 3. The van der Waals surface area contributed by atoms with E-state index in [0.717, 1.165) is 66.3 Å². The van der Waals surface area contributed by atoms with Crippen molar-refractivity contribution in [2.75, 3.05) is 37.8 Å². The summed E-state index contributed by atoms with van der Waals surface area (Å²) in [6.45, 7) is 2.91. The van der Waals surface area contributed by atoms with Gasteiger partial charge in [0, 0.05) is 41.3 Å². The van der Waals surface area contributed by atoms with E-state index in [2.05, 4.69) is 43.8 Å². The van der Waals surface area contributed by atoms with Gasteiger partial charge in [0.05, 0.1) is 30.0 Å². The van der Waals surface area contributed by atoms with E-state index >= 15 is 0 Å². The number of halogens is 1. The van der Waals surface area contributed by atoms with Gasteiger partial charge in [-0.1, -0.05) is 6.07 Å². The highest BCUT2D eigenvalue weighted by atomic mass is 79.9. The molecular weight excluding hydrogens is 524 g/mol. The molecule has 0 radical (unpaired) electrons. The lowest BCUT2D eigenvalue weighted by molar-refractivity contribution is 0.0465. The van der Waals surface area contributed by atoms with Gasteiger partial charge in [-0.15, -0.1) is 0 Å². The molecule has 2 fully saturated rings. The Morgan fingerprint density at radius 1 is 1.14 bits per heavy atom. The Morgan fingerprint density at radius 3 is 2.75 bits per heavy atom. The van der Waals surface area contributed by atoms with Crippen molar-refractivity contribution in [1.29, 1.82) is 0 Å². The van der Waals surface area contributed by atoms with E-state index in [4.69, 9.17) is 20.3 Å². The topological polar surface area (TPSA) is 103 Å². The highest BCUT2D eigenvalue weighted by molar-refractivity contribution is 9.10. The van der Waals surface area contributed by atoms with E-state index in [0.29, 0.717) is 43.1 Å². The van der Waals surface area contributed by atoms with Crippen LogP contribution in [0.3, 0.4) is 0 Å².